The number of hydrogen-bond acceptors (Lipinski definition) is 2. The highest BCUT2D eigenvalue weighted by molar-refractivity contribution is 6.42. The molecule has 24 heavy (non-hydrogen) atoms. The molecular formula is C20H21Cl2NO. The van der Waals surface area contributed by atoms with Gasteiger partial charge >= 0.3 is 0 Å². The largest absolute Gasteiger partial charge is 0.367 e. The second-order valence-corrected chi connectivity index (χ2v) is 6.98. The molecular weight excluding hydrogens is 341 g/mol. The van der Waals surface area contributed by atoms with Gasteiger partial charge in [-0.15, -0.1) is 6.58 Å². The highest BCUT2D eigenvalue weighted by atomic mass is 35.5. The van der Waals surface area contributed by atoms with E-state index in [4.69, 9.17) is 27.9 Å². The predicted octanol–water partition coefficient (Wildman–Crippen LogP) is 5.30. The number of hydrogen-bond donors (Lipinski definition) is 0. The maximum Gasteiger partial charge on any atom is 0.109 e. The van der Waals surface area contributed by atoms with E-state index in [1.165, 1.54) is 5.56 Å². The monoisotopic (exact) mass is 361 g/mol. The van der Waals surface area contributed by atoms with Crippen molar-refractivity contribution in [2.24, 2.45) is 0 Å². The molecule has 3 rings (SSSR count). The third kappa shape index (κ3) is 3.84. The summed E-state index contributed by atoms with van der Waals surface area (Å²) in [5.41, 5.74) is 1.93. The van der Waals surface area contributed by atoms with Crippen LogP contribution in [0.4, 0.5) is 0 Å². The van der Waals surface area contributed by atoms with Gasteiger partial charge in [0.2, 0.25) is 0 Å². The summed E-state index contributed by atoms with van der Waals surface area (Å²) in [7, 11) is 0. The van der Waals surface area contributed by atoms with Crippen LogP contribution in [0.15, 0.2) is 61.2 Å². The minimum atomic E-state index is -0.428. The fourth-order valence-corrected chi connectivity index (χ4v) is 3.56. The van der Waals surface area contributed by atoms with Crippen LogP contribution < -0.4 is 0 Å². The zero-order valence-corrected chi connectivity index (χ0v) is 15.1. The van der Waals surface area contributed by atoms with Gasteiger partial charge in [-0.2, -0.15) is 0 Å². The second kappa shape index (κ2) is 7.71. The minimum absolute atomic E-state index is 0.428. The van der Waals surface area contributed by atoms with E-state index < -0.39 is 5.60 Å². The van der Waals surface area contributed by atoms with Gasteiger partial charge in [0, 0.05) is 19.6 Å². The van der Waals surface area contributed by atoms with Crippen LogP contribution in [0.5, 0.6) is 0 Å². The molecule has 2 nitrogen and oxygen atoms in total. The van der Waals surface area contributed by atoms with E-state index in [-0.39, 0.29) is 0 Å². The number of benzene rings is 2. The van der Waals surface area contributed by atoms with Crippen LogP contribution in [0, 0.1) is 0 Å². The van der Waals surface area contributed by atoms with Gasteiger partial charge in [-0.05, 0) is 29.7 Å². The molecule has 0 spiro atoms. The minimum Gasteiger partial charge on any atom is -0.367 e. The summed E-state index contributed by atoms with van der Waals surface area (Å²) in [5, 5.41) is 1.12. The molecule has 0 amide bonds. The molecule has 0 saturated carbocycles. The summed E-state index contributed by atoms with van der Waals surface area (Å²) in [5.74, 6) is 0. The maximum absolute atomic E-state index is 6.24. The Balaban J connectivity index is 1.86. The van der Waals surface area contributed by atoms with Gasteiger partial charge in [0.1, 0.15) is 5.60 Å². The van der Waals surface area contributed by atoms with Gasteiger partial charge in [-0.1, -0.05) is 65.7 Å². The van der Waals surface area contributed by atoms with Crippen molar-refractivity contribution < 1.29 is 4.74 Å². The Hall–Kier alpha value is -1.32. The predicted molar refractivity (Wildman–Crippen MR) is 101 cm³/mol. The Bertz CT molecular complexity index is 704. The normalized spacial score (nSPS) is 21.6. The van der Waals surface area contributed by atoms with Gasteiger partial charge < -0.3 is 4.74 Å². The summed E-state index contributed by atoms with van der Waals surface area (Å²) in [4.78, 5) is 2.42. The molecule has 0 N–H and O–H groups in total. The fourth-order valence-electron chi connectivity index (χ4n) is 3.26. The highest BCUT2D eigenvalue weighted by Crippen LogP contribution is 2.37. The average Bonchev–Trinajstić information content (AvgIpc) is 2.59. The van der Waals surface area contributed by atoms with E-state index in [2.05, 4.69) is 35.7 Å². The molecule has 1 fully saturated rings. The Kier molecular flexibility index (Phi) is 5.62. The average molecular weight is 362 g/mol. The Morgan fingerprint density at radius 2 is 1.92 bits per heavy atom. The molecule has 1 heterocycles. The second-order valence-electron chi connectivity index (χ2n) is 6.16. The van der Waals surface area contributed by atoms with Crippen molar-refractivity contribution >= 4 is 23.2 Å². The quantitative estimate of drug-likeness (QED) is 0.670. The molecule has 0 unspecified atom stereocenters. The lowest BCUT2D eigenvalue weighted by Gasteiger charge is -2.43. The molecule has 1 aliphatic rings. The topological polar surface area (TPSA) is 12.5 Å². The third-order valence-corrected chi connectivity index (χ3v) is 5.17. The third-order valence-electron chi connectivity index (χ3n) is 4.43. The van der Waals surface area contributed by atoms with E-state index in [1.54, 1.807) is 0 Å². The van der Waals surface area contributed by atoms with E-state index in [0.717, 1.165) is 31.6 Å². The Labute approximate surface area is 153 Å². The van der Waals surface area contributed by atoms with Crippen molar-refractivity contribution in [3.05, 3.63) is 82.4 Å². The maximum atomic E-state index is 6.24. The van der Waals surface area contributed by atoms with E-state index in [0.29, 0.717) is 16.7 Å². The van der Waals surface area contributed by atoms with Gasteiger partial charge in [0.15, 0.2) is 0 Å². The standard InChI is InChI=1S/C20H21Cl2NO/c1-2-10-20(17-8-9-18(21)19(22)13-17)15-23(11-12-24-20)14-16-6-4-3-5-7-16/h2-9,13H,1,10-12,14-15H2/t20-/m0/s1. The number of ether oxygens (including phenoxy) is 1. The summed E-state index contributed by atoms with van der Waals surface area (Å²) in [6.45, 7) is 7.21. The number of halogens is 2. The van der Waals surface area contributed by atoms with Crippen LogP contribution in [-0.2, 0) is 16.9 Å². The molecule has 2 aromatic rings. The van der Waals surface area contributed by atoms with Crippen LogP contribution in [0.2, 0.25) is 10.0 Å². The first kappa shape index (κ1) is 17.5. The lowest BCUT2D eigenvalue weighted by atomic mass is 9.88. The molecule has 0 bridgehead atoms. The fraction of sp³-hybridized carbons (Fsp3) is 0.300. The van der Waals surface area contributed by atoms with Crippen molar-refractivity contribution in [2.45, 2.75) is 18.6 Å². The lowest BCUT2D eigenvalue weighted by Crippen LogP contribution is -2.49. The molecule has 0 aromatic heterocycles. The lowest BCUT2D eigenvalue weighted by molar-refractivity contribution is -0.115. The first-order valence-electron chi connectivity index (χ1n) is 8.10. The van der Waals surface area contributed by atoms with Crippen LogP contribution in [0.25, 0.3) is 0 Å². The first-order chi connectivity index (χ1) is 11.6. The highest BCUT2D eigenvalue weighted by Gasteiger charge is 2.37. The van der Waals surface area contributed by atoms with Crippen molar-refractivity contribution in [1.82, 2.24) is 4.90 Å². The van der Waals surface area contributed by atoms with E-state index in [9.17, 15) is 0 Å². The smallest absolute Gasteiger partial charge is 0.109 e. The summed E-state index contributed by atoms with van der Waals surface area (Å²) >= 11 is 12.3. The molecule has 1 saturated heterocycles. The molecule has 0 radical (unpaired) electrons. The van der Waals surface area contributed by atoms with Gasteiger partial charge in [0.25, 0.3) is 0 Å². The number of nitrogens with zero attached hydrogens (tertiary/aromatic N) is 1. The van der Waals surface area contributed by atoms with Crippen molar-refractivity contribution in [2.75, 3.05) is 19.7 Å². The van der Waals surface area contributed by atoms with Gasteiger partial charge in [0.05, 0.1) is 16.7 Å². The van der Waals surface area contributed by atoms with E-state index in [1.807, 2.05) is 30.3 Å². The van der Waals surface area contributed by atoms with Crippen LogP contribution in [0.1, 0.15) is 17.5 Å². The van der Waals surface area contributed by atoms with Crippen molar-refractivity contribution in [1.29, 1.82) is 0 Å². The zero-order chi connectivity index (χ0) is 17.0. The van der Waals surface area contributed by atoms with Crippen LogP contribution >= 0.6 is 23.2 Å². The molecule has 1 atom stereocenters. The Morgan fingerprint density at radius 1 is 1.12 bits per heavy atom. The van der Waals surface area contributed by atoms with Gasteiger partial charge in [-0.25, -0.2) is 0 Å². The molecule has 0 aliphatic carbocycles. The molecule has 4 heteroatoms. The van der Waals surface area contributed by atoms with Crippen LogP contribution in [0.3, 0.4) is 0 Å². The number of morpholine rings is 1. The molecule has 1 aliphatic heterocycles. The van der Waals surface area contributed by atoms with E-state index >= 15 is 0 Å². The zero-order valence-electron chi connectivity index (χ0n) is 13.6. The first-order valence-corrected chi connectivity index (χ1v) is 8.85. The SMILES string of the molecule is C=CC[C@@]1(c2ccc(Cl)c(Cl)c2)CN(Cc2ccccc2)CCO1. The Morgan fingerprint density at radius 3 is 2.62 bits per heavy atom. The van der Waals surface area contributed by atoms with Crippen LogP contribution in [-0.4, -0.2) is 24.6 Å². The molecule has 2 aromatic carbocycles. The summed E-state index contributed by atoms with van der Waals surface area (Å²) in [6.07, 6.45) is 2.64. The van der Waals surface area contributed by atoms with Crippen molar-refractivity contribution in [3.8, 4) is 0 Å². The summed E-state index contributed by atoms with van der Waals surface area (Å²) in [6, 6.07) is 16.3. The van der Waals surface area contributed by atoms with Crippen molar-refractivity contribution in [3.63, 3.8) is 0 Å². The summed E-state index contributed by atoms with van der Waals surface area (Å²) < 4.78 is 6.24. The number of rotatable bonds is 5. The van der Waals surface area contributed by atoms with Gasteiger partial charge in [-0.3, -0.25) is 4.90 Å². The molecule has 126 valence electrons.